The second-order valence-corrected chi connectivity index (χ2v) is 8.09. The Hall–Kier alpha value is -2.64. The normalized spacial score (nSPS) is 11.3. The summed E-state index contributed by atoms with van der Waals surface area (Å²) in [5.41, 5.74) is 1.52. The maximum Gasteiger partial charge on any atom is 0.488 e. The molecule has 0 saturated carbocycles. The highest BCUT2D eigenvalue weighted by atomic mass is 16.4. The molecule has 0 aliphatic rings. The molecule has 6 heteroatoms. The van der Waals surface area contributed by atoms with Gasteiger partial charge in [0, 0.05) is 17.1 Å². The molecular formula is C24H30BNO4. The number of benzene rings is 3. The average Bonchev–Trinajstić information content (AvgIpc) is 2.69. The summed E-state index contributed by atoms with van der Waals surface area (Å²) in [6.45, 7) is 6.31. The van der Waals surface area contributed by atoms with Crippen molar-refractivity contribution in [2.45, 2.75) is 38.9 Å². The van der Waals surface area contributed by atoms with Crippen molar-refractivity contribution < 1.29 is 20.3 Å². The second kappa shape index (κ2) is 9.91. The summed E-state index contributed by atoms with van der Waals surface area (Å²) in [4.78, 5) is 2.12. The van der Waals surface area contributed by atoms with Crippen molar-refractivity contribution in [3.8, 4) is 0 Å². The number of aliphatic hydroxyl groups is 2. The van der Waals surface area contributed by atoms with Gasteiger partial charge in [-0.05, 0) is 69.6 Å². The van der Waals surface area contributed by atoms with E-state index in [1.165, 1.54) is 0 Å². The third-order valence-corrected chi connectivity index (χ3v) is 4.98. The summed E-state index contributed by atoms with van der Waals surface area (Å²) in [5, 5.41) is 36.7. The molecule has 3 rings (SSSR count). The van der Waals surface area contributed by atoms with E-state index < -0.39 is 18.3 Å². The maximum absolute atomic E-state index is 9.23. The lowest BCUT2D eigenvalue weighted by atomic mass is 9.80. The average molecular weight is 407 g/mol. The maximum atomic E-state index is 9.23. The molecule has 5 nitrogen and oxygen atoms in total. The Morgan fingerprint density at radius 3 is 1.20 bits per heavy atom. The Bertz CT molecular complexity index is 835. The largest absolute Gasteiger partial charge is 0.488 e. The fraction of sp³-hybridized carbons (Fsp3) is 0.250. The SMILES string of the molecule is CC(C)(O)C(C)(C)O.OB(O)c1ccc(N(c2ccccc2)c2ccccc2)cc1. The third-order valence-electron chi connectivity index (χ3n) is 4.98. The summed E-state index contributed by atoms with van der Waals surface area (Å²) >= 11 is 0. The molecule has 0 bridgehead atoms. The van der Waals surface area contributed by atoms with Crippen LogP contribution in [0.4, 0.5) is 17.1 Å². The first-order chi connectivity index (χ1) is 14.0. The Balaban J connectivity index is 0.000000343. The van der Waals surface area contributed by atoms with Gasteiger partial charge in [0.2, 0.25) is 0 Å². The molecule has 3 aromatic carbocycles. The highest BCUT2D eigenvalue weighted by Crippen LogP contribution is 2.33. The fourth-order valence-electron chi connectivity index (χ4n) is 2.40. The van der Waals surface area contributed by atoms with Crippen LogP contribution in [0.2, 0.25) is 0 Å². The van der Waals surface area contributed by atoms with Crippen molar-refractivity contribution >= 4 is 29.6 Å². The monoisotopic (exact) mass is 407 g/mol. The molecule has 0 heterocycles. The summed E-state index contributed by atoms with van der Waals surface area (Å²) in [5.74, 6) is 0. The van der Waals surface area contributed by atoms with Crippen molar-refractivity contribution in [1.29, 1.82) is 0 Å². The minimum absolute atomic E-state index is 0.477. The molecule has 4 N–H and O–H groups in total. The Kier molecular flexibility index (Phi) is 7.81. The Morgan fingerprint density at radius 2 is 0.900 bits per heavy atom. The smallest absolute Gasteiger partial charge is 0.423 e. The van der Waals surface area contributed by atoms with Gasteiger partial charge in [-0.2, -0.15) is 0 Å². The predicted octanol–water partition coefficient (Wildman–Crippen LogP) is 3.36. The van der Waals surface area contributed by atoms with Crippen LogP contribution in [0.25, 0.3) is 0 Å². The predicted molar refractivity (Wildman–Crippen MR) is 124 cm³/mol. The molecule has 0 spiro atoms. The number of hydrogen-bond donors (Lipinski definition) is 4. The quantitative estimate of drug-likeness (QED) is 0.488. The van der Waals surface area contributed by atoms with Gasteiger partial charge in [0.05, 0.1) is 11.2 Å². The summed E-state index contributed by atoms with van der Waals surface area (Å²) in [7, 11) is -1.45. The lowest BCUT2D eigenvalue weighted by Gasteiger charge is -2.31. The van der Waals surface area contributed by atoms with E-state index in [9.17, 15) is 10.0 Å². The van der Waals surface area contributed by atoms with Gasteiger partial charge in [0.1, 0.15) is 0 Å². The van der Waals surface area contributed by atoms with Crippen LogP contribution in [0, 0.1) is 0 Å². The van der Waals surface area contributed by atoms with E-state index in [0.717, 1.165) is 17.1 Å². The fourth-order valence-corrected chi connectivity index (χ4v) is 2.40. The molecule has 0 fully saturated rings. The second-order valence-electron chi connectivity index (χ2n) is 8.09. The first-order valence-electron chi connectivity index (χ1n) is 9.82. The molecule has 0 saturated heterocycles. The van der Waals surface area contributed by atoms with Crippen LogP contribution in [-0.2, 0) is 0 Å². The Labute approximate surface area is 179 Å². The number of hydrogen-bond acceptors (Lipinski definition) is 5. The third kappa shape index (κ3) is 6.44. The first-order valence-corrected chi connectivity index (χ1v) is 9.82. The van der Waals surface area contributed by atoms with Crippen molar-refractivity contribution in [2.24, 2.45) is 0 Å². The van der Waals surface area contributed by atoms with E-state index >= 15 is 0 Å². The topological polar surface area (TPSA) is 84.2 Å². The van der Waals surface area contributed by atoms with E-state index in [2.05, 4.69) is 4.90 Å². The standard InChI is InChI=1S/C18H16BNO2.C6H14O2/c21-19(22)15-11-13-18(14-12-15)20(16-7-3-1-4-8-16)17-9-5-2-6-10-17;1-5(2,7)6(3,4)8/h1-14,21-22H;7-8H,1-4H3. The molecule has 30 heavy (non-hydrogen) atoms. The molecule has 0 amide bonds. The molecule has 0 aromatic heterocycles. The number of para-hydroxylation sites is 2. The van der Waals surface area contributed by atoms with Gasteiger partial charge in [0.25, 0.3) is 0 Å². The van der Waals surface area contributed by atoms with Gasteiger partial charge in [-0.1, -0.05) is 48.5 Å². The van der Waals surface area contributed by atoms with E-state index in [0.29, 0.717) is 5.46 Å². The molecule has 0 radical (unpaired) electrons. The van der Waals surface area contributed by atoms with Crippen LogP contribution in [0.15, 0.2) is 84.9 Å². The highest BCUT2D eigenvalue weighted by molar-refractivity contribution is 6.58. The van der Waals surface area contributed by atoms with Crippen LogP contribution in [0.5, 0.6) is 0 Å². The van der Waals surface area contributed by atoms with Crippen LogP contribution < -0.4 is 10.4 Å². The van der Waals surface area contributed by atoms with E-state index in [1.54, 1.807) is 39.8 Å². The number of nitrogens with zero attached hydrogens (tertiary/aromatic N) is 1. The molecule has 3 aromatic rings. The molecule has 0 aliphatic carbocycles. The molecule has 158 valence electrons. The van der Waals surface area contributed by atoms with Gasteiger partial charge in [0.15, 0.2) is 0 Å². The Morgan fingerprint density at radius 1 is 0.567 bits per heavy atom. The minimum atomic E-state index is -1.45. The van der Waals surface area contributed by atoms with E-state index in [1.807, 2.05) is 72.8 Å². The summed E-state index contributed by atoms with van der Waals surface area (Å²) in [6, 6.07) is 27.3. The van der Waals surface area contributed by atoms with Gasteiger partial charge in [-0.15, -0.1) is 0 Å². The zero-order valence-electron chi connectivity index (χ0n) is 17.9. The highest BCUT2D eigenvalue weighted by Gasteiger charge is 2.31. The number of rotatable bonds is 5. The van der Waals surface area contributed by atoms with Gasteiger partial charge < -0.3 is 25.2 Å². The van der Waals surface area contributed by atoms with Gasteiger partial charge in [-0.25, -0.2) is 0 Å². The van der Waals surface area contributed by atoms with Crippen LogP contribution >= 0.6 is 0 Å². The van der Waals surface area contributed by atoms with Crippen LogP contribution in [0.3, 0.4) is 0 Å². The van der Waals surface area contributed by atoms with Crippen LogP contribution in [0.1, 0.15) is 27.7 Å². The van der Waals surface area contributed by atoms with E-state index in [4.69, 9.17) is 10.2 Å². The summed E-state index contributed by atoms with van der Waals surface area (Å²) < 4.78 is 0. The zero-order chi connectivity index (χ0) is 22.4. The number of anilines is 3. The summed E-state index contributed by atoms with van der Waals surface area (Å²) in [6.07, 6.45) is 0. The van der Waals surface area contributed by atoms with Crippen molar-refractivity contribution in [2.75, 3.05) is 4.90 Å². The molecule has 0 atom stereocenters. The van der Waals surface area contributed by atoms with Crippen LogP contribution in [-0.4, -0.2) is 38.6 Å². The molecule has 0 aliphatic heterocycles. The molecular weight excluding hydrogens is 377 g/mol. The zero-order valence-corrected chi connectivity index (χ0v) is 17.9. The lowest BCUT2D eigenvalue weighted by Crippen LogP contribution is -2.44. The first kappa shape index (κ1) is 23.6. The molecule has 0 unspecified atom stereocenters. The van der Waals surface area contributed by atoms with Gasteiger partial charge >= 0.3 is 7.12 Å². The lowest BCUT2D eigenvalue weighted by molar-refractivity contribution is -0.107. The van der Waals surface area contributed by atoms with Crippen molar-refractivity contribution in [3.05, 3.63) is 84.9 Å². The van der Waals surface area contributed by atoms with Crippen molar-refractivity contribution in [3.63, 3.8) is 0 Å². The van der Waals surface area contributed by atoms with Gasteiger partial charge in [-0.3, -0.25) is 0 Å². The van der Waals surface area contributed by atoms with E-state index in [-0.39, 0.29) is 0 Å². The minimum Gasteiger partial charge on any atom is -0.423 e. The van der Waals surface area contributed by atoms with Crippen molar-refractivity contribution in [1.82, 2.24) is 0 Å².